The van der Waals surface area contributed by atoms with Crippen LogP contribution in [0.2, 0.25) is 0 Å². The minimum absolute atomic E-state index is 0.00510. The highest BCUT2D eigenvalue weighted by atomic mass is 16.6. The number of Topliss-reactive ketones (excluding diaryl/α,β-unsaturated/α-hetero) is 1. The lowest BCUT2D eigenvalue weighted by molar-refractivity contribution is -0.153. The third kappa shape index (κ3) is 2.62. The highest BCUT2D eigenvalue weighted by Crippen LogP contribution is 2.63. The van der Waals surface area contributed by atoms with Gasteiger partial charge in [-0.05, 0) is 38.5 Å². The molecule has 0 aromatic heterocycles. The number of hydrogen-bond acceptors (Lipinski definition) is 4. The number of esters is 1. The van der Waals surface area contributed by atoms with Crippen LogP contribution < -0.4 is 0 Å². The van der Waals surface area contributed by atoms with Gasteiger partial charge in [-0.2, -0.15) is 0 Å². The molecular formula is C18H26O4. The average molecular weight is 306 g/mol. The zero-order chi connectivity index (χ0) is 16.2. The summed E-state index contributed by atoms with van der Waals surface area (Å²) in [5.74, 6) is 1.56. The fourth-order valence-electron chi connectivity index (χ4n) is 4.23. The zero-order valence-electron chi connectivity index (χ0n) is 14.0. The van der Waals surface area contributed by atoms with Crippen LogP contribution in [-0.4, -0.2) is 29.6 Å². The van der Waals surface area contributed by atoms with Crippen LogP contribution in [0.4, 0.5) is 0 Å². The van der Waals surface area contributed by atoms with E-state index in [-0.39, 0.29) is 30.0 Å². The van der Waals surface area contributed by atoms with E-state index in [2.05, 4.69) is 6.08 Å². The van der Waals surface area contributed by atoms with E-state index in [0.29, 0.717) is 30.0 Å². The largest absolute Gasteiger partial charge is 0.460 e. The molecule has 4 heteroatoms. The van der Waals surface area contributed by atoms with Crippen LogP contribution >= 0.6 is 0 Å². The SMILES string of the molecule is C[C@@H]1C(=O)[C@H](C)[C@H]2O[C@@H]1[C@@H]1C(/C=C\CC(=O)OC(C)(C)C)[C@H]21. The maximum Gasteiger partial charge on any atom is 0.310 e. The molecule has 7 atom stereocenters. The van der Waals surface area contributed by atoms with Gasteiger partial charge in [0.05, 0.1) is 18.6 Å². The van der Waals surface area contributed by atoms with Crippen molar-refractivity contribution in [1.82, 2.24) is 0 Å². The topological polar surface area (TPSA) is 52.6 Å². The van der Waals surface area contributed by atoms with Gasteiger partial charge >= 0.3 is 5.97 Å². The van der Waals surface area contributed by atoms with E-state index in [9.17, 15) is 9.59 Å². The van der Waals surface area contributed by atoms with Crippen LogP contribution in [0.3, 0.4) is 0 Å². The van der Waals surface area contributed by atoms with E-state index < -0.39 is 5.60 Å². The second kappa shape index (κ2) is 5.19. The molecule has 3 aliphatic rings. The van der Waals surface area contributed by atoms with Gasteiger partial charge < -0.3 is 9.47 Å². The second-order valence-electron chi connectivity index (χ2n) is 8.00. The molecule has 0 amide bonds. The van der Waals surface area contributed by atoms with Crippen molar-refractivity contribution in [2.45, 2.75) is 58.8 Å². The molecule has 2 saturated heterocycles. The summed E-state index contributed by atoms with van der Waals surface area (Å²) in [6.07, 6.45) is 4.53. The van der Waals surface area contributed by atoms with Crippen molar-refractivity contribution in [1.29, 1.82) is 0 Å². The molecule has 3 fully saturated rings. The smallest absolute Gasteiger partial charge is 0.310 e. The maximum absolute atomic E-state index is 12.1. The van der Waals surface area contributed by atoms with Gasteiger partial charge in [-0.25, -0.2) is 0 Å². The van der Waals surface area contributed by atoms with E-state index in [1.54, 1.807) is 0 Å². The van der Waals surface area contributed by atoms with Gasteiger partial charge in [0.1, 0.15) is 11.4 Å². The van der Waals surface area contributed by atoms with Crippen molar-refractivity contribution in [2.75, 3.05) is 0 Å². The summed E-state index contributed by atoms with van der Waals surface area (Å²) < 4.78 is 11.3. The van der Waals surface area contributed by atoms with E-state index >= 15 is 0 Å². The van der Waals surface area contributed by atoms with Crippen LogP contribution in [0.1, 0.15) is 41.0 Å². The highest BCUT2D eigenvalue weighted by Gasteiger charge is 2.68. The lowest BCUT2D eigenvalue weighted by Crippen LogP contribution is -2.44. The van der Waals surface area contributed by atoms with Crippen LogP contribution in [0.25, 0.3) is 0 Å². The molecule has 1 aliphatic carbocycles. The van der Waals surface area contributed by atoms with E-state index in [0.717, 1.165) is 0 Å². The van der Waals surface area contributed by atoms with Crippen LogP contribution in [0, 0.1) is 29.6 Å². The maximum atomic E-state index is 12.1. The Bertz CT molecular complexity index is 492. The summed E-state index contributed by atoms with van der Waals surface area (Å²) >= 11 is 0. The Morgan fingerprint density at radius 2 is 1.73 bits per heavy atom. The zero-order valence-corrected chi connectivity index (χ0v) is 14.0. The first kappa shape index (κ1) is 15.7. The Morgan fingerprint density at radius 1 is 1.18 bits per heavy atom. The Balaban J connectivity index is 1.56. The van der Waals surface area contributed by atoms with E-state index in [1.165, 1.54) is 0 Å². The van der Waals surface area contributed by atoms with Gasteiger partial charge in [0.25, 0.3) is 0 Å². The summed E-state index contributed by atoms with van der Waals surface area (Å²) in [4.78, 5) is 23.8. The van der Waals surface area contributed by atoms with Crippen LogP contribution in [-0.2, 0) is 19.1 Å². The molecule has 3 rings (SSSR count). The molecule has 1 saturated carbocycles. The van der Waals surface area contributed by atoms with Crippen molar-refractivity contribution in [2.24, 2.45) is 29.6 Å². The summed E-state index contributed by atoms with van der Waals surface area (Å²) in [6.45, 7) is 9.60. The first-order valence-corrected chi connectivity index (χ1v) is 8.28. The lowest BCUT2D eigenvalue weighted by atomic mass is 9.84. The molecule has 4 nitrogen and oxygen atoms in total. The number of allylic oxidation sites excluding steroid dienone is 1. The standard InChI is InChI=1S/C18H26O4/c1-9-15(20)10(2)17-14-11(13(14)16(9)21-17)7-6-8-12(19)22-18(3,4)5/h6-7,9-11,13-14,16-17H,8H2,1-5H3/b7-6-/t9-,10+,11?,13-,14+,16+,17-. The van der Waals surface area contributed by atoms with Crippen molar-refractivity contribution < 1.29 is 19.1 Å². The predicted molar refractivity (Wildman–Crippen MR) is 82.1 cm³/mol. The molecule has 0 radical (unpaired) electrons. The Morgan fingerprint density at radius 3 is 2.23 bits per heavy atom. The minimum Gasteiger partial charge on any atom is -0.460 e. The number of ether oxygens (including phenoxy) is 2. The molecule has 0 aromatic rings. The Hall–Kier alpha value is -1.16. The first-order valence-electron chi connectivity index (χ1n) is 8.28. The first-order chi connectivity index (χ1) is 10.2. The summed E-state index contributed by atoms with van der Waals surface area (Å²) in [5.41, 5.74) is -0.433. The molecule has 2 heterocycles. The summed E-state index contributed by atoms with van der Waals surface area (Å²) in [7, 11) is 0. The third-order valence-electron chi connectivity index (χ3n) is 5.21. The summed E-state index contributed by atoms with van der Waals surface area (Å²) in [5, 5.41) is 0. The fraction of sp³-hybridized carbons (Fsp3) is 0.778. The van der Waals surface area contributed by atoms with Crippen molar-refractivity contribution in [3.8, 4) is 0 Å². The molecular weight excluding hydrogens is 280 g/mol. The Labute approximate surface area is 132 Å². The Kier molecular flexibility index (Phi) is 3.71. The normalized spacial score (nSPS) is 43.3. The minimum atomic E-state index is -0.433. The molecule has 22 heavy (non-hydrogen) atoms. The average Bonchev–Trinajstić information content (AvgIpc) is 2.96. The van der Waals surface area contributed by atoms with Gasteiger partial charge in [-0.15, -0.1) is 0 Å². The van der Waals surface area contributed by atoms with Gasteiger partial charge in [0.2, 0.25) is 0 Å². The number of hydrogen-bond donors (Lipinski definition) is 0. The van der Waals surface area contributed by atoms with Crippen molar-refractivity contribution >= 4 is 11.8 Å². The molecule has 0 N–H and O–H groups in total. The van der Waals surface area contributed by atoms with E-state index in [4.69, 9.17) is 9.47 Å². The molecule has 0 aromatic carbocycles. The van der Waals surface area contributed by atoms with Crippen LogP contribution in [0.15, 0.2) is 12.2 Å². The lowest BCUT2D eigenvalue weighted by Gasteiger charge is -2.34. The second-order valence-corrected chi connectivity index (χ2v) is 8.00. The van der Waals surface area contributed by atoms with Crippen molar-refractivity contribution in [3.63, 3.8) is 0 Å². The highest BCUT2D eigenvalue weighted by molar-refractivity contribution is 5.85. The van der Waals surface area contributed by atoms with Crippen molar-refractivity contribution in [3.05, 3.63) is 12.2 Å². The van der Waals surface area contributed by atoms with Gasteiger partial charge in [0.15, 0.2) is 0 Å². The predicted octanol–water partition coefficient (Wildman–Crippen LogP) is 2.76. The number of ketones is 1. The summed E-state index contributed by atoms with van der Waals surface area (Å²) in [6, 6.07) is 0. The number of rotatable bonds is 3. The molecule has 122 valence electrons. The third-order valence-corrected chi connectivity index (χ3v) is 5.21. The molecule has 2 bridgehead atoms. The van der Waals surface area contributed by atoms with Gasteiger partial charge in [0, 0.05) is 11.8 Å². The molecule has 0 spiro atoms. The van der Waals surface area contributed by atoms with Crippen LogP contribution in [0.5, 0.6) is 0 Å². The van der Waals surface area contributed by atoms with Gasteiger partial charge in [-0.3, -0.25) is 9.59 Å². The van der Waals surface area contributed by atoms with Gasteiger partial charge in [-0.1, -0.05) is 26.0 Å². The number of carbonyl (C=O) groups excluding carboxylic acids is 2. The fourth-order valence-corrected chi connectivity index (χ4v) is 4.23. The van der Waals surface area contributed by atoms with E-state index in [1.807, 2.05) is 40.7 Å². The molecule has 1 unspecified atom stereocenters. The monoisotopic (exact) mass is 306 g/mol. The molecule has 2 aliphatic heterocycles. The quantitative estimate of drug-likeness (QED) is 0.594. The number of carbonyl (C=O) groups is 2. The number of fused-ring (bicyclic) bond motifs is 5.